The first-order valence-corrected chi connectivity index (χ1v) is 5.32. The lowest BCUT2D eigenvalue weighted by Gasteiger charge is -2.22. The number of H-pyrrole nitrogens is 1. The molecular formula is C10H17N3O. The van der Waals surface area contributed by atoms with E-state index < -0.39 is 0 Å². The number of nitrogens with one attached hydrogen (secondary N) is 2. The third-order valence-electron chi connectivity index (χ3n) is 2.85. The van der Waals surface area contributed by atoms with Crippen LogP contribution in [0.5, 0.6) is 0 Å². The average Bonchev–Trinajstić information content (AvgIpc) is 2.61. The molecule has 2 rings (SSSR count). The zero-order valence-corrected chi connectivity index (χ0v) is 8.55. The smallest absolute Gasteiger partial charge is 0.266 e. The van der Waals surface area contributed by atoms with Gasteiger partial charge in [0, 0.05) is 11.8 Å². The van der Waals surface area contributed by atoms with E-state index >= 15 is 0 Å². The first-order valence-electron chi connectivity index (χ1n) is 5.32. The molecule has 4 heteroatoms. The standard InChI is InChI=1S/C10H17N3O/c1-2-8-7-10(14)13(12-8)9-3-5-11-6-4-9/h7,9,11-12H,2-6H2,1H3. The minimum Gasteiger partial charge on any atom is -0.317 e. The summed E-state index contributed by atoms with van der Waals surface area (Å²) in [6.07, 6.45) is 2.99. The van der Waals surface area contributed by atoms with Gasteiger partial charge in [-0.3, -0.25) is 9.89 Å². The molecule has 0 radical (unpaired) electrons. The Labute approximate surface area is 83.3 Å². The highest BCUT2D eigenvalue weighted by Gasteiger charge is 2.17. The minimum atomic E-state index is 0.119. The Bertz CT molecular complexity index is 346. The Morgan fingerprint density at radius 3 is 2.79 bits per heavy atom. The molecular weight excluding hydrogens is 178 g/mol. The zero-order valence-electron chi connectivity index (χ0n) is 8.55. The van der Waals surface area contributed by atoms with Gasteiger partial charge in [-0.05, 0) is 32.4 Å². The van der Waals surface area contributed by atoms with Gasteiger partial charge in [-0.2, -0.15) is 0 Å². The molecule has 1 aliphatic heterocycles. The van der Waals surface area contributed by atoms with E-state index in [0.29, 0.717) is 6.04 Å². The Hall–Kier alpha value is -1.03. The summed E-state index contributed by atoms with van der Waals surface area (Å²) < 4.78 is 1.79. The van der Waals surface area contributed by atoms with Gasteiger partial charge in [0.15, 0.2) is 0 Å². The van der Waals surface area contributed by atoms with Crippen LogP contribution < -0.4 is 10.9 Å². The van der Waals surface area contributed by atoms with E-state index in [9.17, 15) is 4.79 Å². The van der Waals surface area contributed by atoms with Crippen molar-refractivity contribution in [3.05, 3.63) is 22.1 Å². The summed E-state index contributed by atoms with van der Waals surface area (Å²) >= 11 is 0. The SMILES string of the molecule is CCc1cc(=O)n(C2CCNCC2)[nH]1. The number of hydrogen-bond donors (Lipinski definition) is 2. The molecule has 1 aliphatic rings. The third-order valence-corrected chi connectivity index (χ3v) is 2.85. The van der Waals surface area contributed by atoms with Crippen LogP contribution in [0.1, 0.15) is 31.5 Å². The van der Waals surface area contributed by atoms with E-state index in [1.54, 1.807) is 10.7 Å². The number of piperidine rings is 1. The van der Waals surface area contributed by atoms with Gasteiger partial charge < -0.3 is 5.32 Å². The van der Waals surface area contributed by atoms with Crippen molar-refractivity contribution in [3.63, 3.8) is 0 Å². The van der Waals surface area contributed by atoms with Gasteiger partial charge in [0.1, 0.15) is 0 Å². The van der Waals surface area contributed by atoms with E-state index in [1.165, 1.54) is 0 Å². The summed E-state index contributed by atoms with van der Waals surface area (Å²) in [5, 5.41) is 6.47. The lowest BCUT2D eigenvalue weighted by molar-refractivity contribution is 0.335. The van der Waals surface area contributed by atoms with Crippen LogP contribution in [0.2, 0.25) is 0 Å². The molecule has 1 fully saturated rings. The van der Waals surface area contributed by atoms with Gasteiger partial charge in [-0.25, -0.2) is 4.68 Å². The van der Waals surface area contributed by atoms with E-state index in [2.05, 4.69) is 17.3 Å². The number of rotatable bonds is 2. The first-order chi connectivity index (χ1) is 6.81. The van der Waals surface area contributed by atoms with Crippen molar-refractivity contribution in [2.75, 3.05) is 13.1 Å². The number of aromatic amines is 1. The zero-order chi connectivity index (χ0) is 9.97. The number of aromatic nitrogens is 2. The normalized spacial score (nSPS) is 18.6. The quantitative estimate of drug-likeness (QED) is 0.728. The largest absolute Gasteiger partial charge is 0.317 e. The maximum Gasteiger partial charge on any atom is 0.266 e. The van der Waals surface area contributed by atoms with Crippen molar-refractivity contribution in [3.8, 4) is 0 Å². The van der Waals surface area contributed by atoms with Crippen LogP contribution in [0.25, 0.3) is 0 Å². The van der Waals surface area contributed by atoms with Gasteiger partial charge in [0.2, 0.25) is 0 Å². The number of aryl methyl sites for hydroxylation is 1. The summed E-state index contributed by atoms with van der Waals surface area (Å²) in [5.74, 6) is 0. The van der Waals surface area contributed by atoms with E-state index in [-0.39, 0.29) is 5.56 Å². The molecule has 0 atom stereocenters. The Morgan fingerprint density at radius 1 is 1.50 bits per heavy atom. The van der Waals surface area contributed by atoms with Crippen LogP contribution in [-0.4, -0.2) is 22.9 Å². The van der Waals surface area contributed by atoms with Crippen molar-refractivity contribution >= 4 is 0 Å². The number of nitrogens with zero attached hydrogens (tertiary/aromatic N) is 1. The Balaban J connectivity index is 2.21. The van der Waals surface area contributed by atoms with Gasteiger partial charge >= 0.3 is 0 Å². The molecule has 0 aliphatic carbocycles. The van der Waals surface area contributed by atoms with Crippen molar-refractivity contribution in [2.24, 2.45) is 0 Å². The van der Waals surface area contributed by atoms with Gasteiger partial charge in [0.05, 0.1) is 6.04 Å². The van der Waals surface area contributed by atoms with Crippen molar-refractivity contribution in [2.45, 2.75) is 32.2 Å². The molecule has 2 heterocycles. The molecule has 14 heavy (non-hydrogen) atoms. The molecule has 78 valence electrons. The summed E-state index contributed by atoms with van der Waals surface area (Å²) in [6, 6.07) is 2.08. The molecule has 2 N–H and O–H groups in total. The van der Waals surface area contributed by atoms with E-state index in [4.69, 9.17) is 0 Å². The number of hydrogen-bond acceptors (Lipinski definition) is 2. The molecule has 1 aromatic rings. The van der Waals surface area contributed by atoms with Crippen molar-refractivity contribution < 1.29 is 0 Å². The fourth-order valence-corrected chi connectivity index (χ4v) is 1.98. The van der Waals surface area contributed by atoms with Crippen molar-refractivity contribution in [1.82, 2.24) is 15.1 Å². The van der Waals surface area contributed by atoms with Crippen LogP contribution in [0.4, 0.5) is 0 Å². The van der Waals surface area contributed by atoms with Crippen molar-refractivity contribution in [1.29, 1.82) is 0 Å². The molecule has 4 nitrogen and oxygen atoms in total. The molecule has 0 saturated carbocycles. The molecule has 0 unspecified atom stereocenters. The average molecular weight is 195 g/mol. The van der Waals surface area contributed by atoms with Gasteiger partial charge in [-0.15, -0.1) is 0 Å². The summed E-state index contributed by atoms with van der Waals surface area (Å²) in [5.41, 5.74) is 1.15. The second kappa shape index (κ2) is 4.00. The highest BCUT2D eigenvalue weighted by molar-refractivity contribution is 5.00. The van der Waals surface area contributed by atoms with Crippen LogP contribution in [0, 0.1) is 0 Å². The second-order valence-electron chi connectivity index (χ2n) is 3.82. The molecule has 0 aromatic carbocycles. The van der Waals surface area contributed by atoms with E-state index in [0.717, 1.165) is 38.0 Å². The predicted molar refractivity (Wildman–Crippen MR) is 55.6 cm³/mol. The lowest BCUT2D eigenvalue weighted by atomic mass is 10.1. The monoisotopic (exact) mass is 195 g/mol. The Kier molecular flexibility index (Phi) is 2.72. The minimum absolute atomic E-state index is 0.119. The van der Waals surface area contributed by atoms with Crippen LogP contribution in [0.3, 0.4) is 0 Å². The van der Waals surface area contributed by atoms with Crippen LogP contribution >= 0.6 is 0 Å². The molecule has 1 aromatic heterocycles. The summed E-state index contributed by atoms with van der Waals surface area (Å²) in [6.45, 7) is 4.08. The maximum atomic E-state index is 11.6. The molecule has 0 spiro atoms. The summed E-state index contributed by atoms with van der Waals surface area (Å²) in [4.78, 5) is 11.6. The molecule has 1 saturated heterocycles. The predicted octanol–water partition coefficient (Wildman–Crippen LogP) is 0.663. The lowest BCUT2D eigenvalue weighted by Crippen LogP contribution is -2.33. The Morgan fingerprint density at radius 2 is 2.21 bits per heavy atom. The maximum absolute atomic E-state index is 11.6. The van der Waals surface area contributed by atoms with Gasteiger partial charge in [-0.1, -0.05) is 6.92 Å². The highest BCUT2D eigenvalue weighted by atomic mass is 16.1. The van der Waals surface area contributed by atoms with Gasteiger partial charge in [0.25, 0.3) is 5.56 Å². The highest BCUT2D eigenvalue weighted by Crippen LogP contribution is 2.15. The van der Waals surface area contributed by atoms with Crippen LogP contribution in [0.15, 0.2) is 10.9 Å². The molecule has 0 bridgehead atoms. The van der Waals surface area contributed by atoms with Crippen LogP contribution in [-0.2, 0) is 6.42 Å². The summed E-state index contributed by atoms with van der Waals surface area (Å²) in [7, 11) is 0. The fourth-order valence-electron chi connectivity index (χ4n) is 1.98. The molecule has 0 amide bonds. The topological polar surface area (TPSA) is 49.8 Å². The first kappa shape index (κ1) is 9.52. The second-order valence-corrected chi connectivity index (χ2v) is 3.82. The third kappa shape index (κ3) is 1.75. The van der Waals surface area contributed by atoms with E-state index in [1.807, 2.05) is 0 Å². The fraction of sp³-hybridized carbons (Fsp3) is 0.700.